The Hall–Kier alpha value is -1.35. The smallest absolute Gasteiger partial charge is 0.158 e. The SMILES string of the molecule is C=C(O)C(Cc1cc(Cl)cc(Cl)c1)Oc1cccc(Cl)c1. The Morgan fingerprint density at radius 1 is 1.05 bits per heavy atom. The van der Waals surface area contributed by atoms with E-state index in [-0.39, 0.29) is 5.76 Å². The summed E-state index contributed by atoms with van der Waals surface area (Å²) in [5.41, 5.74) is 0.842. The monoisotopic (exact) mass is 342 g/mol. The summed E-state index contributed by atoms with van der Waals surface area (Å²) in [4.78, 5) is 0. The fourth-order valence-corrected chi connectivity index (χ4v) is 2.63. The molecule has 0 fully saturated rings. The van der Waals surface area contributed by atoms with Gasteiger partial charge in [-0.05, 0) is 42.0 Å². The van der Waals surface area contributed by atoms with Crippen molar-refractivity contribution in [2.75, 3.05) is 0 Å². The maximum Gasteiger partial charge on any atom is 0.158 e. The second-order valence-corrected chi connectivity index (χ2v) is 5.85. The minimum atomic E-state index is -0.613. The normalized spacial score (nSPS) is 12.0. The summed E-state index contributed by atoms with van der Waals surface area (Å²) in [7, 11) is 0. The van der Waals surface area contributed by atoms with Gasteiger partial charge in [0.25, 0.3) is 0 Å². The molecule has 0 spiro atoms. The van der Waals surface area contributed by atoms with Crippen LogP contribution >= 0.6 is 34.8 Å². The van der Waals surface area contributed by atoms with E-state index in [1.54, 1.807) is 42.5 Å². The molecule has 0 aliphatic rings. The molecule has 2 aromatic carbocycles. The number of hydrogen-bond donors (Lipinski definition) is 1. The lowest BCUT2D eigenvalue weighted by atomic mass is 10.1. The molecule has 1 N–H and O–H groups in total. The van der Waals surface area contributed by atoms with Crippen LogP contribution in [0.15, 0.2) is 54.8 Å². The first-order valence-electron chi connectivity index (χ1n) is 6.19. The van der Waals surface area contributed by atoms with Gasteiger partial charge in [0.1, 0.15) is 11.5 Å². The quantitative estimate of drug-likeness (QED) is 0.705. The molecular weight excluding hydrogens is 331 g/mol. The highest BCUT2D eigenvalue weighted by atomic mass is 35.5. The fourth-order valence-electron chi connectivity index (χ4n) is 1.87. The highest BCUT2D eigenvalue weighted by Gasteiger charge is 2.16. The molecule has 2 aromatic rings. The first-order chi connectivity index (χ1) is 9.94. The summed E-state index contributed by atoms with van der Waals surface area (Å²) in [6, 6.07) is 12.1. The summed E-state index contributed by atoms with van der Waals surface area (Å²) < 4.78 is 5.72. The maximum absolute atomic E-state index is 9.72. The average Bonchev–Trinajstić information content (AvgIpc) is 2.36. The van der Waals surface area contributed by atoms with Gasteiger partial charge in [0.2, 0.25) is 0 Å². The van der Waals surface area contributed by atoms with Crippen molar-refractivity contribution in [2.24, 2.45) is 0 Å². The number of aliphatic hydroxyl groups is 1. The molecular formula is C16H13Cl3O2. The van der Waals surface area contributed by atoms with E-state index in [9.17, 15) is 5.11 Å². The van der Waals surface area contributed by atoms with E-state index in [1.165, 1.54) is 0 Å². The van der Waals surface area contributed by atoms with Crippen LogP contribution in [-0.2, 0) is 6.42 Å². The second kappa shape index (κ2) is 7.08. The third-order valence-corrected chi connectivity index (χ3v) is 3.46. The summed E-state index contributed by atoms with van der Waals surface area (Å²) in [6.45, 7) is 3.55. The standard InChI is InChI=1S/C16H13Cl3O2/c1-10(20)16(21-15-4-2-3-12(17)9-15)7-11-5-13(18)8-14(19)6-11/h2-6,8-9,16,20H,1,7H2. The first kappa shape index (κ1) is 16.0. The van der Waals surface area contributed by atoms with Crippen molar-refractivity contribution in [2.45, 2.75) is 12.5 Å². The summed E-state index contributed by atoms with van der Waals surface area (Å²) >= 11 is 17.8. The molecule has 1 unspecified atom stereocenters. The molecule has 0 radical (unpaired) electrons. The van der Waals surface area contributed by atoms with E-state index in [0.29, 0.717) is 27.2 Å². The molecule has 0 bridgehead atoms. The van der Waals surface area contributed by atoms with E-state index in [2.05, 4.69) is 6.58 Å². The van der Waals surface area contributed by atoms with Gasteiger partial charge in [0.05, 0.1) is 0 Å². The van der Waals surface area contributed by atoms with Crippen molar-refractivity contribution in [3.8, 4) is 5.75 Å². The number of benzene rings is 2. The summed E-state index contributed by atoms with van der Waals surface area (Å²) in [5, 5.41) is 11.3. The molecule has 0 aliphatic heterocycles. The van der Waals surface area contributed by atoms with Crippen LogP contribution in [0, 0.1) is 0 Å². The Morgan fingerprint density at radius 2 is 1.71 bits per heavy atom. The number of rotatable bonds is 5. The van der Waals surface area contributed by atoms with Crippen molar-refractivity contribution in [1.29, 1.82) is 0 Å². The second-order valence-electron chi connectivity index (χ2n) is 4.54. The van der Waals surface area contributed by atoms with E-state index >= 15 is 0 Å². The molecule has 0 aliphatic carbocycles. The molecule has 2 nitrogen and oxygen atoms in total. The minimum Gasteiger partial charge on any atom is -0.509 e. The maximum atomic E-state index is 9.72. The number of aliphatic hydroxyl groups excluding tert-OH is 1. The lowest BCUT2D eigenvalue weighted by Gasteiger charge is -2.18. The van der Waals surface area contributed by atoms with Crippen LogP contribution in [-0.4, -0.2) is 11.2 Å². The van der Waals surface area contributed by atoms with Crippen LogP contribution in [0.25, 0.3) is 0 Å². The van der Waals surface area contributed by atoms with Gasteiger partial charge in [-0.3, -0.25) is 0 Å². The third kappa shape index (κ3) is 4.85. The van der Waals surface area contributed by atoms with Crippen molar-refractivity contribution in [3.63, 3.8) is 0 Å². The van der Waals surface area contributed by atoms with Gasteiger partial charge < -0.3 is 9.84 Å². The van der Waals surface area contributed by atoms with Crippen molar-refractivity contribution < 1.29 is 9.84 Å². The molecule has 5 heteroatoms. The van der Waals surface area contributed by atoms with Gasteiger partial charge in [-0.2, -0.15) is 0 Å². The molecule has 1 atom stereocenters. The van der Waals surface area contributed by atoms with Crippen LogP contribution in [0.5, 0.6) is 5.75 Å². The number of hydrogen-bond acceptors (Lipinski definition) is 2. The minimum absolute atomic E-state index is 0.0777. The summed E-state index contributed by atoms with van der Waals surface area (Å²) in [5.74, 6) is 0.474. The zero-order valence-corrected chi connectivity index (χ0v) is 13.3. The van der Waals surface area contributed by atoms with Crippen LogP contribution in [0.4, 0.5) is 0 Å². The van der Waals surface area contributed by atoms with Gasteiger partial charge in [0.15, 0.2) is 6.10 Å². The highest BCUT2D eigenvalue weighted by molar-refractivity contribution is 6.34. The molecule has 0 saturated carbocycles. The fraction of sp³-hybridized carbons (Fsp3) is 0.125. The first-order valence-corrected chi connectivity index (χ1v) is 7.32. The Bertz CT molecular complexity index is 635. The van der Waals surface area contributed by atoms with Gasteiger partial charge in [-0.25, -0.2) is 0 Å². The largest absolute Gasteiger partial charge is 0.509 e. The predicted octanol–water partition coefficient (Wildman–Crippen LogP) is 5.71. The van der Waals surface area contributed by atoms with Gasteiger partial charge in [0, 0.05) is 21.5 Å². The lowest BCUT2D eigenvalue weighted by Crippen LogP contribution is -2.21. The lowest BCUT2D eigenvalue weighted by molar-refractivity contribution is 0.177. The van der Waals surface area contributed by atoms with Gasteiger partial charge in [-0.15, -0.1) is 0 Å². The molecule has 21 heavy (non-hydrogen) atoms. The topological polar surface area (TPSA) is 29.5 Å². The zero-order valence-electron chi connectivity index (χ0n) is 11.0. The van der Waals surface area contributed by atoms with E-state index in [1.807, 2.05) is 0 Å². The van der Waals surface area contributed by atoms with Crippen LogP contribution in [0.1, 0.15) is 5.56 Å². The molecule has 2 rings (SSSR count). The van der Waals surface area contributed by atoms with Crippen LogP contribution in [0.2, 0.25) is 15.1 Å². The highest BCUT2D eigenvalue weighted by Crippen LogP contribution is 2.24. The number of halogens is 3. The van der Waals surface area contributed by atoms with Gasteiger partial charge >= 0.3 is 0 Å². The van der Waals surface area contributed by atoms with Gasteiger partial charge in [-0.1, -0.05) is 47.4 Å². The van der Waals surface area contributed by atoms with E-state index < -0.39 is 6.10 Å². The predicted molar refractivity (Wildman–Crippen MR) is 87.8 cm³/mol. The zero-order chi connectivity index (χ0) is 15.4. The Balaban J connectivity index is 2.17. The van der Waals surface area contributed by atoms with Crippen molar-refractivity contribution >= 4 is 34.8 Å². The molecule has 0 aromatic heterocycles. The van der Waals surface area contributed by atoms with Crippen LogP contribution in [0.3, 0.4) is 0 Å². The molecule has 0 saturated heterocycles. The Morgan fingerprint density at radius 3 is 2.29 bits per heavy atom. The van der Waals surface area contributed by atoms with Crippen LogP contribution < -0.4 is 4.74 Å². The summed E-state index contributed by atoms with van der Waals surface area (Å²) in [6.07, 6.45) is -0.222. The molecule has 0 heterocycles. The van der Waals surface area contributed by atoms with E-state index in [0.717, 1.165) is 5.56 Å². The molecule has 110 valence electrons. The average molecular weight is 344 g/mol. The van der Waals surface area contributed by atoms with E-state index in [4.69, 9.17) is 39.5 Å². The Labute approximate surface area is 138 Å². The van der Waals surface area contributed by atoms with Crippen molar-refractivity contribution in [1.82, 2.24) is 0 Å². The third-order valence-electron chi connectivity index (χ3n) is 2.79. The van der Waals surface area contributed by atoms with Crippen molar-refractivity contribution in [3.05, 3.63) is 75.4 Å². The molecule has 0 amide bonds. The number of ether oxygens (including phenoxy) is 1. The Kier molecular flexibility index (Phi) is 5.40.